The number of amides is 1. The molecule has 7 heteroatoms. The van der Waals surface area contributed by atoms with Crippen LogP contribution in [0.1, 0.15) is 18.9 Å². The Bertz CT molecular complexity index is 998. The molecule has 158 valence electrons. The maximum absolute atomic E-state index is 12.9. The van der Waals surface area contributed by atoms with Crippen molar-refractivity contribution >= 4 is 28.6 Å². The zero-order valence-electron chi connectivity index (χ0n) is 17.8. The van der Waals surface area contributed by atoms with Crippen LogP contribution < -0.4 is 15.0 Å². The fourth-order valence-corrected chi connectivity index (χ4v) is 3.95. The molecule has 7 nitrogen and oxygen atoms in total. The normalized spacial score (nSPS) is 16.3. The predicted molar refractivity (Wildman–Crippen MR) is 120 cm³/mol. The molecule has 3 aromatic rings. The number of hydrogen-bond acceptors (Lipinski definition) is 5. The summed E-state index contributed by atoms with van der Waals surface area (Å²) in [6, 6.07) is 13.6. The van der Waals surface area contributed by atoms with E-state index in [0.29, 0.717) is 11.4 Å². The molecular formula is C23H29N5O2. The lowest BCUT2D eigenvalue weighted by molar-refractivity contribution is -0.120. The maximum atomic E-state index is 12.9. The number of ether oxygens (including phenoxy) is 1. The van der Waals surface area contributed by atoms with Crippen LogP contribution >= 0.6 is 0 Å². The smallest absolute Gasteiger partial charge is 0.241 e. The van der Waals surface area contributed by atoms with Gasteiger partial charge in [-0.15, -0.1) is 0 Å². The first kappa shape index (κ1) is 20.2. The minimum Gasteiger partial charge on any atom is -0.495 e. The molecule has 2 aromatic carbocycles. The molecule has 1 aromatic heterocycles. The minimum atomic E-state index is -0.231. The van der Waals surface area contributed by atoms with Gasteiger partial charge < -0.3 is 19.9 Å². The summed E-state index contributed by atoms with van der Waals surface area (Å²) in [6.45, 7) is 7.38. The van der Waals surface area contributed by atoms with Crippen LogP contribution in [0.15, 0.2) is 42.5 Å². The summed E-state index contributed by atoms with van der Waals surface area (Å²) in [6.07, 6.45) is 0.975. The third-order valence-corrected chi connectivity index (χ3v) is 5.75. The average molecular weight is 408 g/mol. The van der Waals surface area contributed by atoms with Gasteiger partial charge in [0.05, 0.1) is 29.9 Å². The van der Waals surface area contributed by atoms with Crippen molar-refractivity contribution < 1.29 is 9.53 Å². The second-order valence-corrected chi connectivity index (χ2v) is 7.82. The number of fused-ring (bicyclic) bond motifs is 1. The molecule has 1 aliphatic heterocycles. The van der Waals surface area contributed by atoms with E-state index in [1.54, 1.807) is 7.11 Å². The Morgan fingerprint density at radius 3 is 2.80 bits per heavy atom. The van der Waals surface area contributed by atoms with E-state index >= 15 is 0 Å². The number of para-hydroxylation sites is 2. The number of anilines is 2. The monoisotopic (exact) mass is 407 g/mol. The van der Waals surface area contributed by atoms with Crippen LogP contribution in [0.5, 0.6) is 5.75 Å². The van der Waals surface area contributed by atoms with Crippen molar-refractivity contribution in [3.8, 4) is 5.75 Å². The highest BCUT2D eigenvalue weighted by Gasteiger charge is 2.25. The molecule has 0 bridgehead atoms. The van der Waals surface area contributed by atoms with Gasteiger partial charge in [0.1, 0.15) is 5.75 Å². The molecule has 1 amide bonds. The molecule has 0 aliphatic carbocycles. The Morgan fingerprint density at radius 1 is 1.17 bits per heavy atom. The minimum absolute atomic E-state index is 0.0175. The van der Waals surface area contributed by atoms with Gasteiger partial charge in [-0.2, -0.15) is 0 Å². The second-order valence-electron chi connectivity index (χ2n) is 7.82. The van der Waals surface area contributed by atoms with Crippen molar-refractivity contribution in [2.45, 2.75) is 26.3 Å². The van der Waals surface area contributed by atoms with Gasteiger partial charge in [0.2, 0.25) is 11.9 Å². The number of nitrogens with one attached hydrogen (secondary N) is 2. The molecule has 1 saturated heterocycles. The van der Waals surface area contributed by atoms with Crippen molar-refractivity contribution in [2.24, 2.45) is 0 Å². The van der Waals surface area contributed by atoms with Crippen molar-refractivity contribution in [2.75, 3.05) is 43.5 Å². The molecule has 2 heterocycles. The van der Waals surface area contributed by atoms with Gasteiger partial charge in [0.25, 0.3) is 0 Å². The van der Waals surface area contributed by atoms with Gasteiger partial charge in [0, 0.05) is 26.2 Å². The summed E-state index contributed by atoms with van der Waals surface area (Å²) in [5, 5.41) is 3.04. The molecule has 4 rings (SSSR count). The van der Waals surface area contributed by atoms with Crippen LogP contribution in [-0.2, 0) is 4.79 Å². The van der Waals surface area contributed by atoms with Crippen LogP contribution in [0.25, 0.3) is 11.0 Å². The lowest BCUT2D eigenvalue weighted by atomic mass is 10.2. The van der Waals surface area contributed by atoms with E-state index in [9.17, 15) is 4.79 Å². The van der Waals surface area contributed by atoms with Crippen molar-refractivity contribution in [1.82, 2.24) is 14.9 Å². The third-order valence-electron chi connectivity index (χ3n) is 5.75. The standard InChI is InChI=1S/C23H29N5O2/c1-16-9-10-21(30-3)20(15-16)24-22(29)17(2)27-11-6-12-28(14-13-27)23-25-18-7-4-5-8-19(18)26-23/h4-5,7-10,15,17H,6,11-14H2,1-3H3,(H,24,29)(H,25,26). The molecule has 2 N–H and O–H groups in total. The van der Waals surface area contributed by atoms with Gasteiger partial charge in [-0.05, 0) is 50.1 Å². The summed E-state index contributed by atoms with van der Waals surface area (Å²) >= 11 is 0. The van der Waals surface area contributed by atoms with E-state index in [1.807, 2.05) is 56.3 Å². The predicted octanol–water partition coefficient (Wildman–Crippen LogP) is 3.42. The summed E-state index contributed by atoms with van der Waals surface area (Å²) in [5.74, 6) is 1.56. The molecule has 1 aliphatic rings. The van der Waals surface area contributed by atoms with E-state index in [1.165, 1.54) is 0 Å². The average Bonchev–Trinajstić information content (AvgIpc) is 3.03. The SMILES string of the molecule is COc1ccc(C)cc1NC(=O)C(C)N1CCCN(c2nc3ccccc3[nH]2)CC1. The molecule has 30 heavy (non-hydrogen) atoms. The molecule has 1 unspecified atom stereocenters. The first-order chi connectivity index (χ1) is 14.5. The Labute approximate surface area is 177 Å². The quantitative estimate of drug-likeness (QED) is 0.678. The molecule has 0 saturated carbocycles. The lowest BCUT2D eigenvalue weighted by Crippen LogP contribution is -2.44. The number of benzene rings is 2. The number of H-pyrrole nitrogens is 1. The Morgan fingerprint density at radius 2 is 2.00 bits per heavy atom. The molecule has 1 fully saturated rings. The highest BCUT2D eigenvalue weighted by atomic mass is 16.5. The number of aromatic nitrogens is 2. The van der Waals surface area contributed by atoms with E-state index in [0.717, 1.165) is 55.1 Å². The molecular weight excluding hydrogens is 378 g/mol. The number of hydrogen-bond donors (Lipinski definition) is 2. The van der Waals surface area contributed by atoms with E-state index in [4.69, 9.17) is 9.72 Å². The number of imidazole rings is 1. The number of methoxy groups -OCH3 is 1. The van der Waals surface area contributed by atoms with Gasteiger partial charge >= 0.3 is 0 Å². The van der Waals surface area contributed by atoms with Gasteiger partial charge in [-0.25, -0.2) is 4.98 Å². The zero-order valence-corrected chi connectivity index (χ0v) is 17.8. The molecule has 0 radical (unpaired) electrons. The van der Waals surface area contributed by atoms with Crippen molar-refractivity contribution in [3.63, 3.8) is 0 Å². The highest BCUT2D eigenvalue weighted by molar-refractivity contribution is 5.96. The van der Waals surface area contributed by atoms with E-state index in [-0.39, 0.29) is 11.9 Å². The first-order valence-corrected chi connectivity index (χ1v) is 10.4. The number of carbonyl (C=O) groups excluding carboxylic acids is 1. The number of aryl methyl sites for hydroxylation is 1. The van der Waals surface area contributed by atoms with Crippen LogP contribution in [-0.4, -0.2) is 60.1 Å². The Hall–Kier alpha value is -3.06. The number of nitrogens with zero attached hydrogens (tertiary/aromatic N) is 3. The van der Waals surface area contributed by atoms with Crippen LogP contribution in [0.4, 0.5) is 11.6 Å². The Kier molecular flexibility index (Phi) is 5.90. The molecule has 0 spiro atoms. The fourth-order valence-electron chi connectivity index (χ4n) is 3.95. The van der Waals surface area contributed by atoms with Gasteiger partial charge in [0.15, 0.2) is 0 Å². The highest BCUT2D eigenvalue weighted by Crippen LogP contribution is 2.26. The van der Waals surface area contributed by atoms with E-state index < -0.39 is 0 Å². The topological polar surface area (TPSA) is 73.5 Å². The second kappa shape index (κ2) is 8.75. The summed E-state index contributed by atoms with van der Waals surface area (Å²) in [4.78, 5) is 25.6. The van der Waals surface area contributed by atoms with Crippen LogP contribution in [0, 0.1) is 6.92 Å². The summed E-state index contributed by atoms with van der Waals surface area (Å²) < 4.78 is 5.39. The van der Waals surface area contributed by atoms with Crippen LogP contribution in [0.3, 0.4) is 0 Å². The summed E-state index contributed by atoms with van der Waals surface area (Å²) in [5.41, 5.74) is 3.82. The zero-order chi connectivity index (χ0) is 21.1. The summed E-state index contributed by atoms with van der Waals surface area (Å²) in [7, 11) is 1.62. The molecule has 1 atom stereocenters. The van der Waals surface area contributed by atoms with Gasteiger partial charge in [-0.3, -0.25) is 9.69 Å². The van der Waals surface area contributed by atoms with Crippen LogP contribution in [0.2, 0.25) is 0 Å². The van der Waals surface area contributed by atoms with Gasteiger partial charge in [-0.1, -0.05) is 18.2 Å². The Balaban J connectivity index is 1.41. The fraction of sp³-hybridized carbons (Fsp3) is 0.391. The third kappa shape index (κ3) is 4.26. The number of carbonyl (C=O) groups is 1. The largest absolute Gasteiger partial charge is 0.495 e. The number of aromatic amines is 1. The number of rotatable bonds is 5. The van der Waals surface area contributed by atoms with Crippen molar-refractivity contribution in [1.29, 1.82) is 0 Å². The van der Waals surface area contributed by atoms with Crippen molar-refractivity contribution in [3.05, 3.63) is 48.0 Å². The lowest BCUT2D eigenvalue weighted by Gasteiger charge is -2.27. The first-order valence-electron chi connectivity index (χ1n) is 10.4. The maximum Gasteiger partial charge on any atom is 0.241 e. The van der Waals surface area contributed by atoms with E-state index in [2.05, 4.69) is 20.1 Å².